The van der Waals surface area contributed by atoms with Gasteiger partial charge in [-0.05, 0) is 35.2 Å². The van der Waals surface area contributed by atoms with Crippen molar-refractivity contribution in [3.05, 3.63) is 48.0 Å². The first-order valence-corrected chi connectivity index (χ1v) is 8.98. The van der Waals surface area contributed by atoms with Gasteiger partial charge in [0.2, 0.25) is 0 Å². The molecule has 1 aliphatic carbocycles. The van der Waals surface area contributed by atoms with E-state index in [1.165, 1.54) is 48.4 Å². The van der Waals surface area contributed by atoms with E-state index in [4.69, 9.17) is 5.84 Å². The van der Waals surface area contributed by atoms with Gasteiger partial charge < -0.3 is 0 Å². The Morgan fingerprint density at radius 2 is 1.81 bits per heavy atom. The minimum absolute atomic E-state index is 0.238. The van der Waals surface area contributed by atoms with Crippen LogP contribution in [0.2, 0.25) is 0 Å². The number of thioether (sulfide) groups is 1. The zero-order valence-corrected chi connectivity index (χ0v) is 13.2. The SMILES string of the molecule is NNC(CSC1CCCCC1)c1ccc2ccccc2c1. The van der Waals surface area contributed by atoms with Crippen LogP contribution in [-0.4, -0.2) is 11.0 Å². The van der Waals surface area contributed by atoms with Gasteiger partial charge >= 0.3 is 0 Å². The van der Waals surface area contributed by atoms with Crippen LogP contribution < -0.4 is 11.3 Å². The molecule has 3 N–H and O–H groups in total. The van der Waals surface area contributed by atoms with E-state index in [0.717, 1.165) is 11.0 Å². The van der Waals surface area contributed by atoms with Crippen LogP contribution in [0.1, 0.15) is 43.7 Å². The predicted octanol–water partition coefficient (Wildman–Crippen LogP) is 4.41. The molecule has 2 aromatic carbocycles. The van der Waals surface area contributed by atoms with Gasteiger partial charge in [0.05, 0.1) is 6.04 Å². The number of nitrogens with two attached hydrogens (primary N) is 1. The highest BCUT2D eigenvalue weighted by Crippen LogP contribution is 2.31. The number of hydrogen-bond acceptors (Lipinski definition) is 3. The summed E-state index contributed by atoms with van der Waals surface area (Å²) in [4.78, 5) is 0. The lowest BCUT2D eigenvalue weighted by Crippen LogP contribution is -2.30. The maximum Gasteiger partial charge on any atom is 0.0550 e. The van der Waals surface area contributed by atoms with Crippen molar-refractivity contribution in [1.82, 2.24) is 5.43 Å². The lowest BCUT2D eigenvalue weighted by atomic mass is 10.0. The Kier molecular flexibility index (Phi) is 5.17. The van der Waals surface area contributed by atoms with Gasteiger partial charge in [-0.15, -0.1) is 0 Å². The first-order valence-electron chi connectivity index (χ1n) is 7.93. The topological polar surface area (TPSA) is 38.0 Å². The molecule has 2 nitrogen and oxygen atoms in total. The fraction of sp³-hybridized carbons (Fsp3) is 0.444. The molecule has 112 valence electrons. The van der Waals surface area contributed by atoms with Gasteiger partial charge in [-0.25, -0.2) is 0 Å². The van der Waals surface area contributed by atoms with E-state index < -0.39 is 0 Å². The average Bonchev–Trinajstić information content (AvgIpc) is 2.56. The number of hydrazine groups is 1. The van der Waals surface area contributed by atoms with Crippen LogP contribution in [0.3, 0.4) is 0 Å². The third-order valence-corrected chi connectivity index (χ3v) is 5.90. The number of hydrogen-bond donors (Lipinski definition) is 2. The molecule has 0 saturated heterocycles. The normalized spacial score (nSPS) is 18.0. The number of rotatable bonds is 5. The highest BCUT2D eigenvalue weighted by atomic mass is 32.2. The van der Waals surface area contributed by atoms with Crippen molar-refractivity contribution < 1.29 is 0 Å². The monoisotopic (exact) mass is 300 g/mol. The molecule has 21 heavy (non-hydrogen) atoms. The molecule has 0 spiro atoms. The molecule has 0 bridgehead atoms. The molecule has 1 saturated carbocycles. The molecule has 0 aromatic heterocycles. The highest BCUT2D eigenvalue weighted by molar-refractivity contribution is 7.99. The smallest absolute Gasteiger partial charge is 0.0550 e. The quantitative estimate of drug-likeness (QED) is 0.634. The maximum atomic E-state index is 5.80. The largest absolute Gasteiger partial charge is 0.271 e. The molecule has 1 atom stereocenters. The van der Waals surface area contributed by atoms with Crippen molar-refractivity contribution >= 4 is 22.5 Å². The van der Waals surface area contributed by atoms with Gasteiger partial charge in [0.15, 0.2) is 0 Å². The Bertz CT molecular complexity index is 578. The van der Waals surface area contributed by atoms with E-state index in [1.54, 1.807) is 0 Å². The lowest BCUT2D eigenvalue weighted by Gasteiger charge is -2.24. The van der Waals surface area contributed by atoms with E-state index in [1.807, 2.05) is 0 Å². The summed E-state index contributed by atoms with van der Waals surface area (Å²) < 4.78 is 0. The Balaban J connectivity index is 1.68. The van der Waals surface area contributed by atoms with Crippen LogP contribution in [0, 0.1) is 0 Å². The minimum Gasteiger partial charge on any atom is -0.271 e. The Morgan fingerprint density at radius 3 is 2.57 bits per heavy atom. The zero-order chi connectivity index (χ0) is 14.5. The standard InChI is InChI=1S/C18H24N2S/c19-20-18(13-21-17-8-2-1-3-9-17)16-11-10-14-6-4-5-7-15(14)12-16/h4-7,10-12,17-18,20H,1-3,8-9,13,19H2. The van der Waals surface area contributed by atoms with Gasteiger partial charge in [-0.2, -0.15) is 11.8 Å². The van der Waals surface area contributed by atoms with E-state index in [0.29, 0.717) is 0 Å². The average molecular weight is 300 g/mol. The van der Waals surface area contributed by atoms with Gasteiger partial charge in [0.1, 0.15) is 0 Å². The Morgan fingerprint density at radius 1 is 1.05 bits per heavy atom. The van der Waals surface area contributed by atoms with Crippen molar-refractivity contribution in [3.8, 4) is 0 Å². The second kappa shape index (κ2) is 7.30. The third-order valence-electron chi connectivity index (χ3n) is 4.43. The molecule has 3 heteroatoms. The summed E-state index contributed by atoms with van der Waals surface area (Å²) in [5.74, 6) is 6.86. The molecule has 1 fully saturated rings. The first kappa shape index (κ1) is 14.9. The second-order valence-electron chi connectivity index (χ2n) is 5.92. The van der Waals surface area contributed by atoms with Crippen molar-refractivity contribution in [1.29, 1.82) is 0 Å². The number of nitrogens with one attached hydrogen (secondary N) is 1. The predicted molar refractivity (Wildman–Crippen MR) is 93.3 cm³/mol. The van der Waals surface area contributed by atoms with Crippen molar-refractivity contribution in [2.24, 2.45) is 5.84 Å². The Hall–Kier alpha value is -1.03. The summed E-state index contributed by atoms with van der Waals surface area (Å²) in [6, 6.07) is 15.4. The van der Waals surface area contributed by atoms with E-state index in [9.17, 15) is 0 Å². The van der Waals surface area contributed by atoms with Gasteiger partial charge in [0, 0.05) is 11.0 Å². The summed E-state index contributed by atoms with van der Waals surface area (Å²) in [7, 11) is 0. The molecular formula is C18H24N2S. The molecule has 3 rings (SSSR count). The molecule has 0 amide bonds. The molecule has 0 aliphatic heterocycles. The van der Waals surface area contributed by atoms with E-state index in [2.05, 4.69) is 59.7 Å². The van der Waals surface area contributed by atoms with Crippen molar-refractivity contribution in [2.45, 2.75) is 43.4 Å². The van der Waals surface area contributed by atoms with Gasteiger partial charge in [0.25, 0.3) is 0 Å². The Labute approximate surface area is 131 Å². The highest BCUT2D eigenvalue weighted by Gasteiger charge is 2.17. The molecule has 1 unspecified atom stereocenters. The number of benzene rings is 2. The van der Waals surface area contributed by atoms with Crippen LogP contribution in [0.5, 0.6) is 0 Å². The van der Waals surface area contributed by atoms with Gasteiger partial charge in [-0.3, -0.25) is 11.3 Å². The fourth-order valence-electron chi connectivity index (χ4n) is 3.13. The summed E-state index contributed by atoms with van der Waals surface area (Å²) in [6.07, 6.45) is 6.96. The van der Waals surface area contributed by atoms with Gasteiger partial charge in [-0.1, -0.05) is 55.7 Å². The second-order valence-corrected chi connectivity index (χ2v) is 7.25. The first-order chi connectivity index (χ1) is 10.4. The molecule has 0 radical (unpaired) electrons. The van der Waals surface area contributed by atoms with Crippen LogP contribution in [0.25, 0.3) is 10.8 Å². The zero-order valence-electron chi connectivity index (χ0n) is 12.4. The van der Waals surface area contributed by atoms with Crippen molar-refractivity contribution in [3.63, 3.8) is 0 Å². The molecule has 0 heterocycles. The van der Waals surface area contributed by atoms with Crippen molar-refractivity contribution in [2.75, 3.05) is 5.75 Å². The molecular weight excluding hydrogens is 276 g/mol. The van der Waals surface area contributed by atoms with Crippen LogP contribution >= 0.6 is 11.8 Å². The minimum atomic E-state index is 0.238. The van der Waals surface area contributed by atoms with E-state index >= 15 is 0 Å². The lowest BCUT2D eigenvalue weighted by molar-refractivity contribution is 0.514. The van der Waals surface area contributed by atoms with E-state index in [-0.39, 0.29) is 6.04 Å². The number of fused-ring (bicyclic) bond motifs is 1. The third kappa shape index (κ3) is 3.79. The van der Waals surface area contributed by atoms with Crippen LogP contribution in [-0.2, 0) is 0 Å². The molecule has 2 aromatic rings. The summed E-state index contributed by atoms with van der Waals surface area (Å²) in [5, 5.41) is 3.41. The maximum absolute atomic E-state index is 5.80. The van der Waals surface area contributed by atoms with Crippen LogP contribution in [0.15, 0.2) is 42.5 Å². The van der Waals surface area contributed by atoms with Crippen LogP contribution in [0.4, 0.5) is 0 Å². The summed E-state index contributed by atoms with van der Waals surface area (Å²) >= 11 is 2.09. The summed E-state index contributed by atoms with van der Waals surface area (Å²) in [6.45, 7) is 0. The summed E-state index contributed by atoms with van der Waals surface area (Å²) in [5.41, 5.74) is 4.29. The fourth-order valence-corrected chi connectivity index (χ4v) is 4.55. The molecule has 1 aliphatic rings.